The quantitative estimate of drug-likeness (QED) is 0.708. The van der Waals surface area contributed by atoms with E-state index in [0.29, 0.717) is 24.6 Å². The molecule has 1 aromatic carbocycles. The SMILES string of the molecule is CCn1c(CC2CCN(CCn3c(=O)oc4ccccc43)CC2)n[nH]c1=O. The number of rotatable bonds is 6. The van der Waals surface area contributed by atoms with Gasteiger partial charge in [0.15, 0.2) is 5.58 Å². The Hall–Kier alpha value is -2.61. The van der Waals surface area contributed by atoms with Crippen LogP contribution in [0.15, 0.2) is 38.3 Å². The highest BCUT2D eigenvalue weighted by Gasteiger charge is 2.22. The van der Waals surface area contributed by atoms with Crippen LogP contribution in [0.5, 0.6) is 0 Å². The molecule has 0 radical (unpaired) electrons. The molecule has 3 heterocycles. The molecule has 0 aliphatic carbocycles. The van der Waals surface area contributed by atoms with E-state index in [2.05, 4.69) is 15.1 Å². The van der Waals surface area contributed by atoms with E-state index in [1.165, 1.54) is 0 Å². The molecule has 1 aliphatic rings. The molecule has 3 aromatic rings. The largest absolute Gasteiger partial charge is 0.419 e. The van der Waals surface area contributed by atoms with Crippen molar-refractivity contribution < 1.29 is 4.42 Å². The molecule has 1 fully saturated rings. The third-order valence-electron chi connectivity index (χ3n) is 5.55. The highest BCUT2D eigenvalue weighted by Crippen LogP contribution is 2.21. The summed E-state index contributed by atoms with van der Waals surface area (Å²) in [5.41, 5.74) is 1.37. The summed E-state index contributed by atoms with van der Waals surface area (Å²) in [4.78, 5) is 26.1. The Morgan fingerprint density at radius 1 is 1.15 bits per heavy atom. The van der Waals surface area contributed by atoms with Gasteiger partial charge in [-0.25, -0.2) is 14.7 Å². The van der Waals surface area contributed by atoms with Gasteiger partial charge in [-0.3, -0.25) is 9.13 Å². The van der Waals surface area contributed by atoms with Crippen molar-refractivity contribution >= 4 is 11.1 Å². The van der Waals surface area contributed by atoms with Crippen LogP contribution >= 0.6 is 0 Å². The van der Waals surface area contributed by atoms with Crippen molar-refractivity contribution in [1.29, 1.82) is 0 Å². The number of para-hydroxylation sites is 2. The number of nitrogens with one attached hydrogen (secondary N) is 1. The van der Waals surface area contributed by atoms with Crippen LogP contribution < -0.4 is 11.4 Å². The predicted octanol–water partition coefficient (Wildman–Crippen LogP) is 1.45. The molecule has 2 aromatic heterocycles. The van der Waals surface area contributed by atoms with E-state index in [-0.39, 0.29) is 11.4 Å². The molecular formula is C19H25N5O3. The Balaban J connectivity index is 1.32. The van der Waals surface area contributed by atoms with Gasteiger partial charge in [-0.2, -0.15) is 5.10 Å². The number of hydrogen-bond acceptors (Lipinski definition) is 5. The van der Waals surface area contributed by atoms with Crippen LogP contribution in [-0.4, -0.2) is 43.9 Å². The molecule has 0 saturated carbocycles. The van der Waals surface area contributed by atoms with Crippen molar-refractivity contribution in [3.8, 4) is 0 Å². The fourth-order valence-corrected chi connectivity index (χ4v) is 3.97. The zero-order valence-corrected chi connectivity index (χ0v) is 15.6. The van der Waals surface area contributed by atoms with E-state index in [1.807, 2.05) is 31.2 Å². The number of aromatic amines is 1. The molecule has 0 bridgehead atoms. The number of hydrogen-bond donors (Lipinski definition) is 1. The number of nitrogens with zero attached hydrogens (tertiary/aromatic N) is 4. The lowest BCUT2D eigenvalue weighted by Gasteiger charge is -2.31. The summed E-state index contributed by atoms with van der Waals surface area (Å²) >= 11 is 0. The van der Waals surface area contributed by atoms with Gasteiger partial charge in [0.05, 0.1) is 5.52 Å². The highest BCUT2D eigenvalue weighted by molar-refractivity contribution is 5.72. The summed E-state index contributed by atoms with van der Waals surface area (Å²) < 4.78 is 8.72. The third kappa shape index (κ3) is 3.62. The fourth-order valence-electron chi connectivity index (χ4n) is 3.97. The topological polar surface area (TPSA) is 89.1 Å². The molecule has 27 heavy (non-hydrogen) atoms. The first-order chi connectivity index (χ1) is 13.2. The Morgan fingerprint density at radius 3 is 2.70 bits per heavy atom. The van der Waals surface area contributed by atoms with Crippen LogP contribution in [0.4, 0.5) is 0 Å². The van der Waals surface area contributed by atoms with E-state index in [4.69, 9.17) is 4.42 Å². The van der Waals surface area contributed by atoms with Gasteiger partial charge in [0.1, 0.15) is 5.82 Å². The van der Waals surface area contributed by atoms with Crippen molar-refractivity contribution in [3.63, 3.8) is 0 Å². The fraction of sp³-hybridized carbons (Fsp3) is 0.526. The van der Waals surface area contributed by atoms with Crippen LogP contribution in [0.3, 0.4) is 0 Å². The van der Waals surface area contributed by atoms with E-state index in [0.717, 1.165) is 50.2 Å². The van der Waals surface area contributed by atoms with E-state index >= 15 is 0 Å². The first-order valence-electron chi connectivity index (χ1n) is 9.60. The maximum Gasteiger partial charge on any atom is 0.419 e. The monoisotopic (exact) mass is 371 g/mol. The Bertz CT molecular complexity index is 1020. The lowest BCUT2D eigenvalue weighted by atomic mass is 9.93. The summed E-state index contributed by atoms with van der Waals surface area (Å²) in [5, 5.41) is 6.72. The smallest absolute Gasteiger partial charge is 0.408 e. The Morgan fingerprint density at radius 2 is 1.93 bits per heavy atom. The summed E-state index contributed by atoms with van der Waals surface area (Å²) in [6.07, 6.45) is 2.99. The Labute approximate surface area is 156 Å². The van der Waals surface area contributed by atoms with Crippen molar-refractivity contribution in [3.05, 3.63) is 51.1 Å². The lowest BCUT2D eigenvalue weighted by Crippen LogP contribution is -2.37. The standard InChI is InChI=1S/C19H25N5O3/c1-2-23-17(20-21-18(23)25)13-14-7-9-22(10-8-14)11-12-24-15-5-3-4-6-16(15)27-19(24)26/h3-6,14H,2,7-13H2,1H3,(H,21,25). The third-order valence-corrected chi connectivity index (χ3v) is 5.55. The maximum absolute atomic E-state index is 12.1. The van der Waals surface area contributed by atoms with Gasteiger partial charge in [0, 0.05) is 26.1 Å². The number of oxazole rings is 1. The number of aromatic nitrogens is 4. The molecule has 1 N–H and O–H groups in total. The number of piperidine rings is 1. The molecule has 1 saturated heterocycles. The van der Waals surface area contributed by atoms with Crippen molar-refractivity contribution in [2.75, 3.05) is 19.6 Å². The minimum atomic E-state index is -0.290. The lowest BCUT2D eigenvalue weighted by molar-refractivity contribution is 0.176. The normalized spacial score (nSPS) is 16.3. The van der Waals surface area contributed by atoms with Crippen LogP contribution in [0.1, 0.15) is 25.6 Å². The van der Waals surface area contributed by atoms with Crippen LogP contribution in [0.2, 0.25) is 0 Å². The molecule has 0 unspecified atom stereocenters. The van der Waals surface area contributed by atoms with Gasteiger partial charge in [-0.15, -0.1) is 0 Å². The van der Waals surface area contributed by atoms with Crippen molar-refractivity contribution in [2.45, 2.75) is 39.3 Å². The molecular weight excluding hydrogens is 346 g/mol. The van der Waals surface area contributed by atoms with Crippen LogP contribution in [0.25, 0.3) is 11.1 Å². The van der Waals surface area contributed by atoms with E-state index in [9.17, 15) is 9.59 Å². The van der Waals surface area contributed by atoms with Crippen molar-refractivity contribution in [1.82, 2.24) is 24.2 Å². The molecule has 8 heteroatoms. The van der Waals surface area contributed by atoms with E-state index in [1.54, 1.807) is 9.13 Å². The second kappa shape index (κ2) is 7.56. The van der Waals surface area contributed by atoms with Gasteiger partial charge in [-0.1, -0.05) is 12.1 Å². The average molecular weight is 371 g/mol. The minimum Gasteiger partial charge on any atom is -0.408 e. The van der Waals surface area contributed by atoms with Gasteiger partial charge in [0.2, 0.25) is 0 Å². The van der Waals surface area contributed by atoms with Crippen LogP contribution in [-0.2, 0) is 19.5 Å². The molecule has 0 amide bonds. The molecule has 4 rings (SSSR count). The molecule has 0 atom stereocenters. The predicted molar refractivity (Wildman–Crippen MR) is 102 cm³/mol. The van der Waals surface area contributed by atoms with Gasteiger partial charge in [0.25, 0.3) is 0 Å². The van der Waals surface area contributed by atoms with Gasteiger partial charge >= 0.3 is 11.4 Å². The molecule has 1 aliphatic heterocycles. The summed E-state index contributed by atoms with van der Waals surface area (Å²) in [7, 11) is 0. The Kier molecular flexibility index (Phi) is 4.98. The van der Waals surface area contributed by atoms with E-state index < -0.39 is 0 Å². The summed E-state index contributed by atoms with van der Waals surface area (Å²) in [6.45, 7) is 6.07. The van der Waals surface area contributed by atoms with Crippen molar-refractivity contribution in [2.24, 2.45) is 5.92 Å². The van der Waals surface area contributed by atoms with Gasteiger partial charge < -0.3 is 9.32 Å². The number of likely N-dealkylation sites (tertiary alicyclic amines) is 1. The zero-order valence-electron chi connectivity index (χ0n) is 15.6. The van der Waals surface area contributed by atoms with Gasteiger partial charge in [-0.05, 0) is 50.9 Å². The highest BCUT2D eigenvalue weighted by atomic mass is 16.4. The molecule has 0 spiro atoms. The zero-order chi connectivity index (χ0) is 18.8. The second-order valence-corrected chi connectivity index (χ2v) is 7.17. The first kappa shape index (κ1) is 17.8. The first-order valence-corrected chi connectivity index (χ1v) is 9.60. The summed E-state index contributed by atoms with van der Waals surface area (Å²) in [5.74, 6) is 1.11. The number of fused-ring (bicyclic) bond motifs is 1. The summed E-state index contributed by atoms with van der Waals surface area (Å²) in [6, 6.07) is 7.54. The minimum absolute atomic E-state index is 0.122. The molecule has 8 nitrogen and oxygen atoms in total. The molecule has 144 valence electrons. The maximum atomic E-state index is 12.1. The number of benzene rings is 1. The number of H-pyrrole nitrogens is 1. The second-order valence-electron chi connectivity index (χ2n) is 7.17. The average Bonchev–Trinajstić information content (AvgIpc) is 3.19. The van der Waals surface area contributed by atoms with Crippen LogP contribution in [0, 0.1) is 5.92 Å².